The van der Waals surface area contributed by atoms with Crippen LogP contribution in [0.3, 0.4) is 0 Å². The molecule has 1 amide bonds. The Morgan fingerprint density at radius 3 is 2.25 bits per heavy atom. The van der Waals surface area contributed by atoms with Crippen LogP contribution in [0.15, 0.2) is 58.3 Å². The van der Waals surface area contributed by atoms with E-state index in [2.05, 4.69) is 0 Å². The van der Waals surface area contributed by atoms with Crippen LogP contribution in [0.25, 0.3) is 0 Å². The Morgan fingerprint density at radius 2 is 1.67 bits per heavy atom. The van der Waals surface area contributed by atoms with Gasteiger partial charge in [0.2, 0.25) is 4.33 Å². The second-order valence-corrected chi connectivity index (χ2v) is 8.88. The van der Waals surface area contributed by atoms with Crippen LogP contribution in [-0.4, -0.2) is 20.6 Å². The average molecular weight is 404 g/mol. The third kappa shape index (κ3) is 4.06. The van der Waals surface area contributed by atoms with Crippen LogP contribution in [0.1, 0.15) is 11.1 Å². The lowest BCUT2D eigenvalue weighted by Gasteiger charge is -2.21. The van der Waals surface area contributed by atoms with Gasteiger partial charge in [-0.15, -0.1) is 11.8 Å². The molecule has 8 heteroatoms. The minimum atomic E-state index is -4.06. The van der Waals surface area contributed by atoms with Crippen molar-refractivity contribution in [3.05, 3.63) is 59.7 Å². The minimum absolute atomic E-state index is 0.0382. The van der Waals surface area contributed by atoms with Gasteiger partial charge in [-0.3, -0.25) is 4.79 Å². The van der Waals surface area contributed by atoms with Gasteiger partial charge in [-0.05, 0) is 31.4 Å². The number of thioether (sulfide) groups is 1. The maximum absolute atomic E-state index is 12.4. The molecular formula is C16H15Cl2NO3S2. The smallest absolute Gasteiger partial charge is 0.270 e. The fourth-order valence-corrected chi connectivity index (χ4v) is 4.30. The van der Waals surface area contributed by atoms with Gasteiger partial charge in [-0.1, -0.05) is 59.1 Å². The molecule has 2 aromatic carbocycles. The van der Waals surface area contributed by atoms with Crippen molar-refractivity contribution in [2.75, 3.05) is 6.26 Å². The lowest BCUT2D eigenvalue weighted by molar-refractivity contribution is -0.120. The molecule has 0 aliphatic carbocycles. The number of carbonyl (C=O) groups is 1. The van der Waals surface area contributed by atoms with Gasteiger partial charge in [0.25, 0.3) is 15.9 Å². The van der Waals surface area contributed by atoms with Crippen LogP contribution in [0, 0.1) is 6.92 Å². The molecule has 0 atom stereocenters. The number of aryl methyl sites for hydroxylation is 1. The number of hydrogen-bond donors (Lipinski definition) is 1. The molecule has 0 radical (unpaired) electrons. The molecule has 24 heavy (non-hydrogen) atoms. The van der Waals surface area contributed by atoms with E-state index in [-0.39, 0.29) is 4.90 Å². The van der Waals surface area contributed by atoms with Crippen molar-refractivity contribution in [3.8, 4) is 0 Å². The van der Waals surface area contributed by atoms with Gasteiger partial charge < -0.3 is 0 Å². The summed E-state index contributed by atoms with van der Waals surface area (Å²) in [5, 5.41) is 0. The fraction of sp³-hybridized carbons (Fsp3) is 0.188. The molecule has 0 heterocycles. The quantitative estimate of drug-likeness (QED) is 0.608. The number of amides is 1. The van der Waals surface area contributed by atoms with Gasteiger partial charge in [0.05, 0.1) is 4.90 Å². The zero-order valence-electron chi connectivity index (χ0n) is 12.9. The number of nitrogens with one attached hydrogen (secondary N) is 1. The first-order valence-corrected chi connectivity index (χ1v) is 10.3. The molecule has 128 valence electrons. The second-order valence-electron chi connectivity index (χ2n) is 5.02. The molecule has 0 saturated heterocycles. The van der Waals surface area contributed by atoms with Gasteiger partial charge in [-0.25, -0.2) is 13.1 Å². The average Bonchev–Trinajstić information content (AvgIpc) is 2.54. The van der Waals surface area contributed by atoms with E-state index in [1.165, 1.54) is 23.9 Å². The van der Waals surface area contributed by atoms with E-state index in [9.17, 15) is 13.2 Å². The first-order chi connectivity index (χ1) is 11.2. The molecular weight excluding hydrogens is 389 g/mol. The Bertz CT molecular complexity index is 850. The molecule has 0 aliphatic rings. The number of carbonyl (C=O) groups excluding carboxylic acids is 1. The van der Waals surface area contributed by atoms with E-state index in [1.807, 2.05) is 17.9 Å². The molecule has 0 unspecified atom stereocenters. The third-order valence-electron chi connectivity index (χ3n) is 3.29. The molecule has 2 aromatic rings. The normalized spacial score (nSPS) is 12.0. The Hall–Kier alpha value is -1.21. The molecule has 4 nitrogen and oxygen atoms in total. The highest BCUT2D eigenvalue weighted by atomic mass is 35.5. The van der Waals surface area contributed by atoms with Crippen LogP contribution in [0.4, 0.5) is 0 Å². The van der Waals surface area contributed by atoms with E-state index in [0.717, 1.165) is 5.56 Å². The fourth-order valence-electron chi connectivity index (χ4n) is 1.99. The van der Waals surface area contributed by atoms with E-state index in [4.69, 9.17) is 23.2 Å². The molecule has 2 rings (SSSR count). The van der Waals surface area contributed by atoms with Crippen LogP contribution in [0.5, 0.6) is 0 Å². The van der Waals surface area contributed by atoms with E-state index in [0.29, 0.717) is 10.5 Å². The highest BCUT2D eigenvalue weighted by Crippen LogP contribution is 2.39. The van der Waals surface area contributed by atoms with Crippen molar-refractivity contribution in [2.24, 2.45) is 0 Å². The molecule has 0 aliphatic heterocycles. The summed E-state index contributed by atoms with van der Waals surface area (Å²) in [4.78, 5) is 13.1. The van der Waals surface area contributed by atoms with Gasteiger partial charge in [0.1, 0.15) is 0 Å². The van der Waals surface area contributed by atoms with Crippen molar-refractivity contribution in [3.63, 3.8) is 0 Å². The third-order valence-corrected chi connectivity index (χ3v) is 6.18. The zero-order chi connectivity index (χ0) is 18.0. The van der Waals surface area contributed by atoms with Crippen molar-refractivity contribution < 1.29 is 13.2 Å². The summed E-state index contributed by atoms with van der Waals surface area (Å²) in [7, 11) is -4.06. The van der Waals surface area contributed by atoms with Crippen LogP contribution < -0.4 is 4.72 Å². The number of hydrogen-bond acceptors (Lipinski definition) is 4. The number of alkyl halides is 2. The second kappa shape index (κ2) is 7.35. The first kappa shape index (κ1) is 19.1. The van der Waals surface area contributed by atoms with Crippen molar-refractivity contribution in [1.82, 2.24) is 4.72 Å². The SMILES string of the molecule is CSc1ccccc1C(Cl)(Cl)C(=O)NS(=O)(=O)c1ccc(C)cc1. The summed E-state index contributed by atoms with van der Waals surface area (Å²) in [5.74, 6) is -1.02. The zero-order valence-corrected chi connectivity index (χ0v) is 16.1. The molecule has 0 aromatic heterocycles. The van der Waals surface area contributed by atoms with Crippen molar-refractivity contribution in [2.45, 2.75) is 21.0 Å². The van der Waals surface area contributed by atoms with Crippen LogP contribution in [0.2, 0.25) is 0 Å². The summed E-state index contributed by atoms with van der Waals surface area (Å²) in [6, 6.07) is 12.9. The van der Waals surface area contributed by atoms with Crippen LogP contribution >= 0.6 is 35.0 Å². The first-order valence-electron chi connectivity index (χ1n) is 6.83. The molecule has 0 bridgehead atoms. The number of sulfonamides is 1. The van der Waals surface area contributed by atoms with E-state index >= 15 is 0 Å². The molecule has 0 spiro atoms. The highest BCUT2D eigenvalue weighted by Gasteiger charge is 2.40. The van der Waals surface area contributed by atoms with Crippen molar-refractivity contribution in [1.29, 1.82) is 0 Å². The van der Waals surface area contributed by atoms with Crippen LogP contribution in [-0.2, 0) is 19.2 Å². The number of benzene rings is 2. The molecule has 0 saturated carbocycles. The summed E-state index contributed by atoms with van der Waals surface area (Å²) < 4.78 is 24.6. The summed E-state index contributed by atoms with van der Waals surface area (Å²) in [6.45, 7) is 1.83. The monoisotopic (exact) mass is 403 g/mol. The standard InChI is InChI=1S/C16H15Cl2NO3S2/c1-11-7-9-12(10-8-11)24(21,22)19-15(20)16(17,18)13-5-3-4-6-14(13)23-2/h3-10H,1-2H3,(H,19,20). The molecule has 0 fully saturated rings. The predicted octanol–water partition coefficient (Wildman–Crippen LogP) is 3.85. The lowest BCUT2D eigenvalue weighted by atomic mass is 10.1. The maximum Gasteiger partial charge on any atom is 0.274 e. The Kier molecular flexibility index (Phi) is 5.86. The number of rotatable bonds is 5. The summed E-state index contributed by atoms with van der Waals surface area (Å²) in [5.41, 5.74) is 1.23. The van der Waals surface area contributed by atoms with E-state index in [1.54, 1.807) is 36.4 Å². The maximum atomic E-state index is 12.4. The Labute approximate surface area is 155 Å². The van der Waals surface area contributed by atoms with Gasteiger partial charge in [0, 0.05) is 10.5 Å². The lowest BCUT2D eigenvalue weighted by Crippen LogP contribution is -2.40. The largest absolute Gasteiger partial charge is 0.274 e. The summed E-state index contributed by atoms with van der Waals surface area (Å²) in [6.07, 6.45) is 1.81. The highest BCUT2D eigenvalue weighted by molar-refractivity contribution is 7.98. The Balaban J connectivity index is 2.32. The van der Waals surface area contributed by atoms with Gasteiger partial charge in [-0.2, -0.15) is 0 Å². The van der Waals surface area contributed by atoms with Gasteiger partial charge >= 0.3 is 0 Å². The topological polar surface area (TPSA) is 63.2 Å². The Morgan fingerprint density at radius 1 is 1.08 bits per heavy atom. The molecule has 1 N–H and O–H groups in total. The minimum Gasteiger partial charge on any atom is -0.270 e. The van der Waals surface area contributed by atoms with Crippen molar-refractivity contribution >= 4 is 50.9 Å². The summed E-state index contributed by atoms with van der Waals surface area (Å²) >= 11 is 13.7. The van der Waals surface area contributed by atoms with Gasteiger partial charge in [0.15, 0.2) is 0 Å². The van der Waals surface area contributed by atoms with E-state index < -0.39 is 20.3 Å². The predicted molar refractivity (Wildman–Crippen MR) is 98.1 cm³/mol. The number of halogens is 2.